The van der Waals surface area contributed by atoms with Crippen molar-refractivity contribution in [2.75, 3.05) is 70.9 Å². The quantitative estimate of drug-likeness (QED) is 0.349. The Kier molecular flexibility index (Phi) is 10.3. The lowest BCUT2D eigenvalue weighted by Gasteiger charge is -2.36. The fraction of sp³-hybridized carbons (Fsp3) is 0.400. The van der Waals surface area contributed by atoms with Gasteiger partial charge in [0.1, 0.15) is 12.3 Å². The van der Waals surface area contributed by atoms with Gasteiger partial charge < -0.3 is 24.3 Å². The molecule has 40 heavy (non-hydrogen) atoms. The zero-order valence-electron chi connectivity index (χ0n) is 23.4. The van der Waals surface area contributed by atoms with Gasteiger partial charge in [-0.1, -0.05) is 43.6 Å². The van der Waals surface area contributed by atoms with E-state index < -0.39 is 0 Å². The predicted octanol–water partition coefficient (Wildman–Crippen LogP) is 3.94. The first kappa shape index (κ1) is 29.3. The number of piperazine rings is 1. The molecular weight excluding hydrogens is 528 g/mol. The van der Waals surface area contributed by atoms with Crippen LogP contribution in [-0.2, 0) is 4.79 Å². The minimum Gasteiger partial charge on any atom is -0.497 e. The standard InChI is InChI=1S/C30H37ClN6O3/c1-4-34(5-2)16-17-37(30(39)23-10-12-24(40-3)13-11-23)22-29(38)36-20-18-35(19-21-36)28-15-14-27(32-33-28)25-8-6-7-9-26(25)31/h6-15H,4-5,16-22H2,1-3H3. The molecule has 0 saturated carbocycles. The smallest absolute Gasteiger partial charge is 0.254 e. The number of ether oxygens (including phenoxy) is 1. The van der Waals surface area contributed by atoms with Gasteiger partial charge in [0.25, 0.3) is 5.91 Å². The highest BCUT2D eigenvalue weighted by molar-refractivity contribution is 6.33. The van der Waals surface area contributed by atoms with Crippen molar-refractivity contribution < 1.29 is 14.3 Å². The summed E-state index contributed by atoms with van der Waals surface area (Å²) in [5.41, 5.74) is 2.10. The van der Waals surface area contributed by atoms with Crippen LogP contribution in [0.1, 0.15) is 24.2 Å². The molecule has 0 radical (unpaired) electrons. The summed E-state index contributed by atoms with van der Waals surface area (Å²) in [6, 6.07) is 18.4. The van der Waals surface area contributed by atoms with E-state index in [1.54, 1.807) is 36.3 Å². The van der Waals surface area contributed by atoms with E-state index in [1.807, 2.05) is 41.3 Å². The van der Waals surface area contributed by atoms with Crippen molar-refractivity contribution in [3.63, 3.8) is 0 Å². The van der Waals surface area contributed by atoms with Gasteiger partial charge in [-0.2, -0.15) is 0 Å². The van der Waals surface area contributed by atoms with E-state index in [0.717, 1.165) is 30.2 Å². The summed E-state index contributed by atoms with van der Waals surface area (Å²) in [4.78, 5) is 34.6. The molecule has 0 N–H and O–H groups in total. The molecule has 0 unspecified atom stereocenters. The number of amides is 2. The molecule has 2 aromatic carbocycles. The van der Waals surface area contributed by atoms with E-state index in [4.69, 9.17) is 16.3 Å². The number of carbonyl (C=O) groups excluding carboxylic acids is 2. The highest BCUT2D eigenvalue weighted by atomic mass is 35.5. The Hall–Kier alpha value is -3.69. The average Bonchev–Trinajstić information content (AvgIpc) is 3.01. The zero-order valence-corrected chi connectivity index (χ0v) is 24.2. The molecule has 0 atom stereocenters. The molecule has 1 aliphatic rings. The molecule has 9 nitrogen and oxygen atoms in total. The van der Waals surface area contributed by atoms with Crippen molar-refractivity contribution in [3.05, 3.63) is 71.2 Å². The van der Waals surface area contributed by atoms with E-state index in [9.17, 15) is 9.59 Å². The second kappa shape index (κ2) is 14.1. The molecule has 1 aromatic heterocycles. The molecule has 1 aliphatic heterocycles. The summed E-state index contributed by atoms with van der Waals surface area (Å²) in [6.45, 7) is 9.56. The number of likely N-dealkylation sites (N-methyl/N-ethyl adjacent to an activating group) is 1. The number of hydrogen-bond acceptors (Lipinski definition) is 7. The van der Waals surface area contributed by atoms with Crippen LogP contribution in [0.5, 0.6) is 5.75 Å². The van der Waals surface area contributed by atoms with Crippen LogP contribution < -0.4 is 9.64 Å². The van der Waals surface area contributed by atoms with Crippen molar-refractivity contribution >= 4 is 29.2 Å². The van der Waals surface area contributed by atoms with Gasteiger partial charge in [0.2, 0.25) is 5.91 Å². The fourth-order valence-electron chi connectivity index (χ4n) is 4.73. The molecule has 1 fully saturated rings. The molecule has 4 rings (SSSR count). The fourth-order valence-corrected chi connectivity index (χ4v) is 4.96. The van der Waals surface area contributed by atoms with Crippen LogP contribution >= 0.6 is 11.6 Å². The van der Waals surface area contributed by atoms with Gasteiger partial charge in [0.15, 0.2) is 5.82 Å². The summed E-state index contributed by atoms with van der Waals surface area (Å²) in [5.74, 6) is 1.23. The Morgan fingerprint density at radius 2 is 1.60 bits per heavy atom. The topological polar surface area (TPSA) is 82.1 Å². The molecule has 1 saturated heterocycles. The Morgan fingerprint density at radius 3 is 2.20 bits per heavy atom. The molecule has 0 aliphatic carbocycles. The number of nitrogens with zero attached hydrogens (tertiary/aromatic N) is 6. The van der Waals surface area contributed by atoms with Gasteiger partial charge in [0.05, 0.1) is 17.8 Å². The van der Waals surface area contributed by atoms with Gasteiger partial charge in [-0.25, -0.2) is 0 Å². The van der Waals surface area contributed by atoms with Gasteiger partial charge in [-0.05, 0) is 55.6 Å². The minimum atomic E-state index is -0.157. The third kappa shape index (κ3) is 7.28. The van der Waals surface area contributed by atoms with Crippen LogP contribution in [-0.4, -0.2) is 103 Å². The summed E-state index contributed by atoms with van der Waals surface area (Å²) < 4.78 is 5.22. The molecule has 0 spiro atoms. The number of methoxy groups -OCH3 is 1. The molecular formula is C30H37ClN6O3. The van der Waals surface area contributed by atoms with Crippen molar-refractivity contribution in [2.24, 2.45) is 0 Å². The Balaban J connectivity index is 1.37. The largest absolute Gasteiger partial charge is 0.497 e. The number of anilines is 1. The molecule has 2 heterocycles. The van der Waals surface area contributed by atoms with Gasteiger partial charge in [-0.15, -0.1) is 10.2 Å². The van der Waals surface area contributed by atoms with Gasteiger partial charge >= 0.3 is 0 Å². The van der Waals surface area contributed by atoms with Crippen molar-refractivity contribution in [1.29, 1.82) is 0 Å². The maximum absolute atomic E-state index is 13.4. The maximum Gasteiger partial charge on any atom is 0.254 e. The Morgan fingerprint density at radius 1 is 0.900 bits per heavy atom. The van der Waals surface area contributed by atoms with E-state index in [1.165, 1.54) is 0 Å². The summed E-state index contributed by atoms with van der Waals surface area (Å²) in [7, 11) is 1.59. The maximum atomic E-state index is 13.4. The number of aromatic nitrogens is 2. The SMILES string of the molecule is CCN(CC)CCN(CC(=O)N1CCN(c2ccc(-c3ccccc3Cl)nn2)CC1)C(=O)c1ccc(OC)cc1. The van der Waals surface area contributed by atoms with Crippen molar-refractivity contribution in [3.8, 4) is 17.0 Å². The Labute approximate surface area is 241 Å². The highest BCUT2D eigenvalue weighted by Crippen LogP contribution is 2.26. The number of carbonyl (C=O) groups is 2. The molecule has 0 bridgehead atoms. The van der Waals surface area contributed by atoms with Crippen molar-refractivity contribution in [1.82, 2.24) is 24.9 Å². The highest BCUT2D eigenvalue weighted by Gasteiger charge is 2.26. The summed E-state index contributed by atoms with van der Waals surface area (Å²) in [5, 5.41) is 9.42. The molecule has 3 aromatic rings. The number of benzene rings is 2. The monoisotopic (exact) mass is 564 g/mol. The zero-order chi connectivity index (χ0) is 28.5. The van der Waals surface area contributed by atoms with Gasteiger partial charge in [0, 0.05) is 50.4 Å². The van der Waals surface area contributed by atoms with Crippen LogP contribution in [0.3, 0.4) is 0 Å². The summed E-state index contributed by atoms with van der Waals surface area (Å²) in [6.07, 6.45) is 0. The van der Waals surface area contributed by atoms with Gasteiger partial charge in [-0.3, -0.25) is 9.59 Å². The van der Waals surface area contributed by atoms with E-state index in [0.29, 0.717) is 55.6 Å². The third-order valence-corrected chi connectivity index (χ3v) is 7.62. The second-order valence-corrected chi connectivity index (χ2v) is 10.0. The normalized spacial score (nSPS) is 13.4. The molecule has 2 amide bonds. The van der Waals surface area contributed by atoms with E-state index in [-0.39, 0.29) is 18.4 Å². The molecule has 10 heteroatoms. The van der Waals surface area contributed by atoms with Crippen molar-refractivity contribution in [2.45, 2.75) is 13.8 Å². The lowest BCUT2D eigenvalue weighted by molar-refractivity contribution is -0.132. The second-order valence-electron chi connectivity index (χ2n) is 9.61. The number of rotatable bonds is 11. The lowest BCUT2D eigenvalue weighted by Crippen LogP contribution is -2.52. The first-order chi connectivity index (χ1) is 19.4. The first-order valence-electron chi connectivity index (χ1n) is 13.7. The average molecular weight is 565 g/mol. The van der Waals surface area contributed by atoms with Crippen LogP contribution in [0.25, 0.3) is 11.3 Å². The van der Waals surface area contributed by atoms with Crippen LogP contribution in [0.2, 0.25) is 5.02 Å². The first-order valence-corrected chi connectivity index (χ1v) is 14.1. The van der Waals surface area contributed by atoms with E-state index >= 15 is 0 Å². The van der Waals surface area contributed by atoms with Crippen LogP contribution in [0, 0.1) is 0 Å². The van der Waals surface area contributed by atoms with E-state index in [2.05, 4.69) is 33.8 Å². The van der Waals surface area contributed by atoms with Crippen LogP contribution in [0.4, 0.5) is 5.82 Å². The Bertz CT molecular complexity index is 1260. The minimum absolute atomic E-state index is 0.0401. The molecule has 212 valence electrons. The van der Waals surface area contributed by atoms with Crippen LogP contribution in [0.15, 0.2) is 60.7 Å². The summed E-state index contributed by atoms with van der Waals surface area (Å²) >= 11 is 6.30. The lowest BCUT2D eigenvalue weighted by atomic mass is 10.1. The number of hydrogen-bond donors (Lipinski definition) is 0. The predicted molar refractivity (Wildman–Crippen MR) is 158 cm³/mol. The number of halogens is 1. The third-order valence-electron chi connectivity index (χ3n) is 7.29.